The summed E-state index contributed by atoms with van der Waals surface area (Å²) in [4.78, 5) is 24.4. The highest BCUT2D eigenvalue weighted by atomic mass is 19.4. The smallest absolute Gasteiger partial charge is 0.365 e. The molecule has 2 rings (SSSR count). The van der Waals surface area contributed by atoms with Crippen LogP contribution in [-0.4, -0.2) is 55.7 Å². The number of halogens is 3. The van der Waals surface area contributed by atoms with Gasteiger partial charge in [-0.25, -0.2) is 0 Å². The minimum absolute atomic E-state index is 0.0753. The molecule has 24 heavy (non-hydrogen) atoms. The Kier molecular flexibility index (Phi) is 5.82. The van der Waals surface area contributed by atoms with Crippen LogP contribution in [0.15, 0.2) is 30.3 Å². The van der Waals surface area contributed by atoms with Crippen molar-refractivity contribution in [1.29, 1.82) is 0 Å². The first-order valence-corrected chi connectivity index (χ1v) is 7.53. The molecule has 1 aromatic carbocycles. The molecule has 0 bridgehead atoms. The predicted octanol–water partition coefficient (Wildman–Crippen LogP) is 1.70. The fourth-order valence-electron chi connectivity index (χ4n) is 2.42. The van der Waals surface area contributed by atoms with Gasteiger partial charge < -0.3 is 15.0 Å². The van der Waals surface area contributed by atoms with Crippen LogP contribution >= 0.6 is 0 Å². The Morgan fingerprint density at radius 2 is 1.92 bits per heavy atom. The maximum atomic E-state index is 13.2. The van der Waals surface area contributed by atoms with Gasteiger partial charge in [-0.05, 0) is 5.56 Å². The molecular weight excluding hydrogens is 325 g/mol. The largest absolute Gasteiger partial charge is 0.396 e. The maximum absolute atomic E-state index is 13.2. The average Bonchev–Trinajstić information content (AvgIpc) is 2.50. The first-order chi connectivity index (χ1) is 11.3. The van der Waals surface area contributed by atoms with E-state index in [0.29, 0.717) is 0 Å². The zero-order valence-electron chi connectivity index (χ0n) is 13.2. The molecule has 1 aliphatic rings. The van der Waals surface area contributed by atoms with Gasteiger partial charge in [0.2, 0.25) is 11.8 Å². The fraction of sp³-hybridized carbons (Fsp3) is 0.500. The van der Waals surface area contributed by atoms with Crippen molar-refractivity contribution in [2.75, 3.05) is 26.7 Å². The second-order valence-corrected chi connectivity index (χ2v) is 5.61. The number of ether oxygens (including phenoxy) is 1. The third kappa shape index (κ3) is 4.70. The summed E-state index contributed by atoms with van der Waals surface area (Å²) in [5.41, 5.74) is 0.0753. The molecule has 1 N–H and O–H groups in total. The number of nitrogens with zero attached hydrogens (tertiary/aromatic N) is 1. The van der Waals surface area contributed by atoms with E-state index in [2.05, 4.69) is 5.32 Å². The van der Waals surface area contributed by atoms with Crippen LogP contribution in [0.25, 0.3) is 0 Å². The van der Waals surface area contributed by atoms with E-state index in [1.807, 2.05) is 0 Å². The van der Waals surface area contributed by atoms with Crippen molar-refractivity contribution in [1.82, 2.24) is 10.2 Å². The van der Waals surface area contributed by atoms with Gasteiger partial charge in [-0.15, -0.1) is 0 Å². The molecule has 0 spiro atoms. The molecule has 1 saturated heterocycles. The van der Waals surface area contributed by atoms with Crippen molar-refractivity contribution < 1.29 is 27.5 Å². The van der Waals surface area contributed by atoms with Crippen LogP contribution < -0.4 is 5.32 Å². The number of alkyl halides is 3. The number of likely N-dealkylation sites (tertiary alicyclic amines) is 1. The third-order valence-electron chi connectivity index (χ3n) is 3.91. The Bertz CT molecular complexity index is 572. The number of hydrogen-bond donors (Lipinski definition) is 1. The highest BCUT2D eigenvalue weighted by Gasteiger charge is 2.43. The lowest BCUT2D eigenvalue weighted by Crippen LogP contribution is -2.55. The molecule has 0 aliphatic carbocycles. The van der Waals surface area contributed by atoms with Crippen molar-refractivity contribution in [3.05, 3.63) is 35.9 Å². The van der Waals surface area contributed by atoms with Crippen molar-refractivity contribution in [2.24, 2.45) is 0 Å². The summed E-state index contributed by atoms with van der Waals surface area (Å²) >= 11 is 0. The lowest BCUT2D eigenvalue weighted by molar-refractivity contribution is -0.166. The fourth-order valence-corrected chi connectivity index (χ4v) is 2.42. The standard InChI is InChI=1S/C16H19F3N2O3/c1-20-14(22)10-24-12-8-21(9-12)15(23)7-13(16(17,18)19)11-5-3-2-4-6-11/h2-6,12-13H,7-10H2,1H3,(H,20,22). The van der Waals surface area contributed by atoms with Gasteiger partial charge in [-0.3, -0.25) is 9.59 Å². The van der Waals surface area contributed by atoms with E-state index in [9.17, 15) is 22.8 Å². The normalized spacial score (nSPS) is 16.4. The van der Waals surface area contributed by atoms with Gasteiger partial charge in [0.25, 0.3) is 0 Å². The molecule has 2 amide bonds. The summed E-state index contributed by atoms with van der Waals surface area (Å²) in [5.74, 6) is -2.68. The van der Waals surface area contributed by atoms with E-state index >= 15 is 0 Å². The Labute approximate surface area is 137 Å². The first kappa shape index (κ1) is 18.3. The summed E-state index contributed by atoms with van der Waals surface area (Å²) in [6, 6.07) is 7.41. The van der Waals surface area contributed by atoms with Crippen LogP contribution in [0.2, 0.25) is 0 Å². The van der Waals surface area contributed by atoms with Crippen molar-refractivity contribution in [3.8, 4) is 0 Å². The van der Waals surface area contributed by atoms with Crippen molar-refractivity contribution in [3.63, 3.8) is 0 Å². The Morgan fingerprint density at radius 3 is 2.46 bits per heavy atom. The van der Waals surface area contributed by atoms with E-state index in [4.69, 9.17) is 4.74 Å². The topological polar surface area (TPSA) is 58.6 Å². The van der Waals surface area contributed by atoms with E-state index in [1.165, 1.54) is 36.2 Å². The monoisotopic (exact) mass is 344 g/mol. The molecule has 1 fully saturated rings. The molecule has 0 aromatic heterocycles. The zero-order valence-corrected chi connectivity index (χ0v) is 13.2. The van der Waals surface area contributed by atoms with Gasteiger partial charge in [-0.2, -0.15) is 13.2 Å². The summed E-state index contributed by atoms with van der Waals surface area (Å²) in [7, 11) is 1.48. The lowest BCUT2D eigenvalue weighted by Gasteiger charge is -2.39. The van der Waals surface area contributed by atoms with Crippen LogP contribution in [0, 0.1) is 0 Å². The van der Waals surface area contributed by atoms with Crippen LogP contribution in [0.4, 0.5) is 13.2 Å². The number of carbonyl (C=O) groups is 2. The van der Waals surface area contributed by atoms with E-state index in [0.717, 1.165) is 0 Å². The molecule has 1 heterocycles. The Hall–Kier alpha value is -2.09. The molecule has 132 valence electrons. The number of rotatable bonds is 6. The molecule has 1 atom stereocenters. The Balaban J connectivity index is 1.88. The van der Waals surface area contributed by atoms with Gasteiger partial charge in [0.15, 0.2) is 0 Å². The van der Waals surface area contributed by atoms with Gasteiger partial charge in [-0.1, -0.05) is 30.3 Å². The summed E-state index contributed by atoms with van der Waals surface area (Å²) < 4.78 is 45.0. The maximum Gasteiger partial charge on any atom is 0.396 e. The van der Waals surface area contributed by atoms with Crippen LogP contribution in [0.3, 0.4) is 0 Å². The zero-order chi connectivity index (χ0) is 17.7. The first-order valence-electron chi connectivity index (χ1n) is 7.53. The van der Waals surface area contributed by atoms with Gasteiger partial charge >= 0.3 is 6.18 Å². The van der Waals surface area contributed by atoms with E-state index in [-0.39, 0.29) is 37.3 Å². The quantitative estimate of drug-likeness (QED) is 0.855. The van der Waals surface area contributed by atoms with E-state index < -0.39 is 24.4 Å². The second kappa shape index (κ2) is 7.65. The minimum Gasteiger partial charge on any atom is -0.365 e. The van der Waals surface area contributed by atoms with Gasteiger partial charge in [0.1, 0.15) is 6.61 Å². The molecule has 1 aromatic rings. The SMILES string of the molecule is CNC(=O)COC1CN(C(=O)CC(c2ccccc2)C(F)(F)F)C1. The number of nitrogens with one attached hydrogen (secondary N) is 1. The summed E-state index contributed by atoms with van der Waals surface area (Å²) in [5, 5.41) is 2.39. The summed E-state index contributed by atoms with van der Waals surface area (Å²) in [6.07, 6.45) is -5.43. The van der Waals surface area contributed by atoms with E-state index in [1.54, 1.807) is 6.07 Å². The number of hydrogen-bond acceptors (Lipinski definition) is 3. The number of carbonyl (C=O) groups excluding carboxylic acids is 2. The van der Waals surface area contributed by atoms with Crippen molar-refractivity contribution in [2.45, 2.75) is 24.6 Å². The van der Waals surface area contributed by atoms with Crippen LogP contribution in [-0.2, 0) is 14.3 Å². The summed E-state index contributed by atoms with van der Waals surface area (Å²) in [6.45, 7) is 0.281. The highest BCUT2D eigenvalue weighted by molar-refractivity contribution is 5.78. The number of likely N-dealkylation sites (N-methyl/N-ethyl adjacent to an activating group) is 1. The highest BCUT2D eigenvalue weighted by Crippen LogP contribution is 2.38. The van der Waals surface area contributed by atoms with Crippen molar-refractivity contribution >= 4 is 11.8 Å². The van der Waals surface area contributed by atoms with Crippen LogP contribution in [0.5, 0.6) is 0 Å². The molecule has 0 saturated carbocycles. The second-order valence-electron chi connectivity index (χ2n) is 5.61. The third-order valence-corrected chi connectivity index (χ3v) is 3.91. The molecule has 1 unspecified atom stereocenters. The minimum atomic E-state index is -4.49. The lowest BCUT2D eigenvalue weighted by atomic mass is 9.94. The predicted molar refractivity (Wildman–Crippen MR) is 80.2 cm³/mol. The number of amides is 2. The molecule has 8 heteroatoms. The average molecular weight is 344 g/mol. The number of benzene rings is 1. The molecule has 0 radical (unpaired) electrons. The van der Waals surface area contributed by atoms with Gasteiger partial charge in [0.05, 0.1) is 12.0 Å². The van der Waals surface area contributed by atoms with Gasteiger partial charge in [0, 0.05) is 26.6 Å². The Morgan fingerprint density at radius 1 is 1.29 bits per heavy atom. The van der Waals surface area contributed by atoms with Crippen LogP contribution in [0.1, 0.15) is 17.9 Å². The molecule has 1 aliphatic heterocycles. The molecular formula is C16H19F3N2O3. The molecule has 5 nitrogen and oxygen atoms in total.